The molecule has 0 radical (unpaired) electrons. The summed E-state index contributed by atoms with van der Waals surface area (Å²) in [6.45, 7) is 8.37. The number of hydrogen-bond donors (Lipinski definition) is 2. The number of hydroxylamine groups is 1. The SMILES string of the molecule is CC(C)c1ccc2nc(C(C(C)C)n3cc(C=CC(=O)NO)nn3)oc2c1. The van der Waals surface area contributed by atoms with Gasteiger partial charge in [-0.05, 0) is 35.6 Å². The molecule has 2 aromatic heterocycles. The van der Waals surface area contributed by atoms with Gasteiger partial charge in [0.05, 0.1) is 6.20 Å². The molecule has 0 fully saturated rings. The van der Waals surface area contributed by atoms with E-state index in [9.17, 15) is 4.79 Å². The van der Waals surface area contributed by atoms with Gasteiger partial charge in [-0.15, -0.1) is 5.10 Å². The normalized spacial score (nSPS) is 13.1. The first-order chi connectivity index (χ1) is 12.9. The lowest BCUT2D eigenvalue weighted by atomic mass is 10.0. The third-order valence-corrected chi connectivity index (χ3v) is 4.31. The molecule has 3 rings (SSSR count). The number of nitrogens with one attached hydrogen (secondary N) is 1. The topological polar surface area (TPSA) is 106 Å². The van der Waals surface area contributed by atoms with Crippen LogP contribution in [0.2, 0.25) is 0 Å². The van der Waals surface area contributed by atoms with E-state index in [1.807, 2.05) is 12.1 Å². The van der Waals surface area contributed by atoms with Crippen LogP contribution in [-0.2, 0) is 4.79 Å². The summed E-state index contributed by atoms with van der Waals surface area (Å²) in [5.41, 5.74) is 4.77. The van der Waals surface area contributed by atoms with E-state index in [4.69, 9.17) is 9.62 Å². The number of carbonyl (C=O) groups is 1. The van der Waals surface area contributed by atoms with Gasteiger partial charge in [-0.25, -0.2) is 15.1 Å². The smallest absolute Gasteiger partial charge is 0.267 e. The van der Waals surface area contributed by atoms with E-state index >= 15 is 0 Å². The van der Waals surface area contributed by atoms with Crippen molar-refractivity contribution >= 4 is 23.1 Å². The second-order valence-corrected chi connectivity index (χ2v) is 7.06. The second-order valence-electron chi connectivity index (χ2n) is 7.06. The number of amides is 1. The van der Waals surface area contributed by atoms with Crippen LogP contribution in [0.15, 0.2) is 34.9 Å². The molecule has 27 heavy (non-hydrogen) atoms. The number of fused-ring (bicyclic) bond motifs is 1. The molecular formula is C19H23N5O3. The van der Waals surface area contributed by atoms with Crippen molar-refractivity contribution in [3.05, 3.63) is 47.6 Å². The summed E-state index contributed by atoms with van der Waals surface area (Å²) in [7, 11) is 0. The van der Waals surface area contributed by atoms with Crippen molar-refractivity contribution in [3.8, 4) is 0 Å². The first-order valence-corrected chi connectivity index (χ1v) is 8.83. The number of carbonyl (C=O) groups excluding carboxylic acids is 1. The Hall–Kier alpha value is -3.00. The van der Waals surface area contributed by atoms with Gasteiger partial charge in [-0.3, -0.25) is 10.0 Å². The summed E-state index contributed by atoms with van der Waals surface area (Å²) in [6.07, 6.45) is 4.35. The highest BCUT2D eigenvalue weighted by Crippen LogP contribution is 2.30. The summed E-state index contributed by atoms with van der Waals surface area (Å²) in [6, 6.07) is 5.82. The van der Waals surface area contributed by atoms with Crippen LogP contribution in [0.25, 0.3) is 17.2 Å². The minimum Gasteiger partial charge on any atom is -0.438 e. The maximum Gasteiger partial charge on any atom is 0.267 e. The van der Waals surface area contributed by atoms with E-state index in [1.54, 1.807) is 10.9 Å². The third-order valence-electron chi connectivity index (χ3n) is 4.31. The van der Waals surface area contributed by atoms with Crippen LogP contribution in [-0.4, -0.2) is 31.1 Å². The maximum absolute atomic E-state index is 11.1. The fourth-order valence-electron chi connectivity index (χ4n) is 2.85. The predicted octanol–water partition coefficient (Wildman–Crippen LogP) is 3.31. The quantitative estimate of drug-likeness (QED) is 0.392. The van der Waals surface area contributed by atoms with Crippen molar-refractivity contribution in [1.29, 1.82) is 0 Å². The average molecular weight is 369 g/mol. The van der Waals surface area contributed by atoms with E-state index in [0.717, 1.165) is 11.1 Å². The lowest BCUT2D eigenvalue weighted by Crippen LogP contribution is -2.17. The Labute approximate surface area is 156 Å². The Morgan fingerprint density at radius 1 is 1.30 bits per heavy atom. The van der Waals surface area contributed by atoms with Gasteiger partial charge < -0.3 is 4.42 Å². The van der Waals surface area contributed by atoms with Crippen LogP contribution in [0.4, 0.5) is 0 Å². The van der Waals surface area contributed by atoms with Crippen LogP contribution in [0.1, 0.15) is 56.8 Å². The lowest BCUT2D eigenvalue weighted by molar-refractivity contribution is -0.124. The van der Waals surface area contributed by atoms with Gasteiger partial charge in [0.15, 0.2) is 5.58 Å². The van der Waals surface area contributed by atoms with Crippen LogP contribution < -0.4 is 5.48 Å². The Balaban J connectivity index is 1.94. The fourth-order valence-corrected chi connectivity index (χ4v) is 2.85. The van der Waals surface area contributed by atoms with Gasteiger partial charge in [0, 0.05) is 6.08 Å². The van der Waals surface area contributed by atoms with E-state index < -0.39 is 5.91 Å². The zero-order valence-corrected chi connectivity index (χ0v) is 15.7. The highest BCUT2D eigenvalue weighted by molar-refractivity contribution is 5.90. The number of aromatic nitrogens is 4. The summed E-state index contributed by atoms with van der Waals surface area (Å²) < 4.78 is 7.72. The average Bonchev–Trinajstić information content (AvgIpc) is 3.25. The van der Waals surface area contributed by atoms with Crippen LogP contribution in [0.3, 0.4) is 0 Å². The molecule has 8 nitrogen and oxygen atoms in total. The standard InChI is InChI=1S/C19H23N5O3/c1-11(2)13-5-7-15-16(9-13)27-19(20-15)18(12(3)4)24-10-14(21-23-24)6-8-17(25)22-26/h5-12,18,26H,1-4H3,(H,22,25). The number of hydrogen-bond acceptors (Lipinski definition) is 6. The van der Waals surface area contributed by atoms with Gasteiger partial charge >= 0.3 is 0 Å². The first-order valence-electron chi connectivity index (χ1n) is 8.83. The summed E-state index contributed by atoms with van der Waals surface area (Å²) in [4.78, 5) is 15.7. The fraction of sp³-hybridized carbons (Fsp3) is 0.368. The predicted molar refractivity (Wildman–Crippen MR) is 100 cm³/mol. The summed E-state index contributed by atoms with van der Waals surface area (Å²) in [5, 5.41) is 16.7. The Kier molecular flexibility index (Phi) is 5.36. The number of nitrogens with zero attached hydrogens (tertiary/aromatic N) is 4. The zero-order valence-electron chi connectivity index (χ0n) is 15.7. The van der Waals surface area contributed by atoms with E-state index in [1.165, 1.54) is 23.2 Å². The molecule has 0 aliphatic heterocycles. The number of benzene rings is 1. The molecule has 2 N–H and O–H groups in total. The van der Waals surface area contributed by atoms with Gasteiger partial charge in [-0.2, -0.15) is 0 Å². The molecule has 0 bridgehead atoms. The molecule has 8 heteroatoms. The Morgan fingerprint density at radius 3 is 2.74 bits per heavy atom. The second kappa shape index (κ2) is 7.71. The number of rotatable bonds is 6. The van der Waals surface area contributed by atoms with E-state index in [0.29, 0.717) is 17.5 Å². The van der Waals surface area contributed by atoms with Gasteiger partial charge in [0.1, 0.15) is 17.3 Å². The molecule has 3 aromatic rings. The molecule has 1 atom stereocenters. The molecule has 1 aromatic carbocycles. The first kappa shape index (κ1) is 18.8. The molecule has 1 unspecified atom stereocenters. The molecule has 0 saturated carbocycles. The molecule has 0 saturated heterocycles. The number of oxazole rings is 1. The van der Waals surface area contributed by atoms with Crippen molar-refractivity contribution in [2.24, 2.45) is 5.92 Å². The van der Waals surface area contributed by atoms with Crippen LogP contribution in [0, 0.1) is 5.92 Å². The van der Waals surface area contributed by atoms with Crippen LogP contribution >= 0.6 is 0 Å². The molecular weight excluding hydrogens is 346 g/mol. The third kappa shape index (κ3) is 4.06. The van der Waals surface area contributed by atoms with Crippen molar-refractivity contribution in [2.75, 3.05) is 0 Å². The van der Waals surface area contributed by atoms with E-state index in [-0.39, 0.29) is 12.0 Å². The molecule has 0 aliphatic rings. The van der Waals surface area contributed by atoms with Gasteiger partial charge in [-0.1, -0.05) is 39.0 Å². The van der Waals surface area contributed by atoms with Gasteiger partial charge in [0.2, 0.25) is 5.89 Å². The Morgan fingerprint density at radius 2 is 2.07 bits per heavy atom. The van der Waals surface area contributed by atoms with Crippen molar-refractivity contribution in [1.82, 2.24) is 25.5 Å². The maximum atomic E-state index is 11.1. The minimum absolute atomic E-state index is 0.155. The zero-order chi connectivity index (χ0) is 19.6. The highest BCUT2D eigenvalue weighted by Gasteiger charge is 2.25. The Bertz CT molecular complexity index is 971. The van der Waals surface area contributed by atoms with Crippen LogP contribution in [0.5, 0.6) is 0 Å². The highest BCUT2D eigenvalue weighted by atomic mass is 16.5. The summed E-state index contributed by atoms with van der Waals surface area (Å²) in [5.74, 6) is 0.492. The molecule has 0 aliphatic carbocycles. The van der Waals surface area contributed by atoms with Crippen molar-refractivity contribution in [3.63, 3.8) is 0 Å². The monoisotopic (exact) mass is 369 g/mol. The molecule has 2 heterocycles. The molecule has 0 spiro atoms. The molecule has 1 amide bonds. The van der Waals surface area contributed by atoms with Crippen molar-refractivity contribution in [2.45, 2.75) is 39.7 Å². The minimum atomic E-state index is -0.634. The lowest BCUT2D eigenvalue weighted by Gasteiger charge is -2.16. The summed E-state index contributed by atoms with van der Waals surface area (Å²) >= 11 is 0. The van der Waals surface area contributed by atoms with Crippen molar-refractivity contribution < 1.29 is 14.4 Å². The van der Waals surface area contributed by atoms with E-state index in [2.05, 4.69) is 49.1 Å². The van der Waals surface area contributed by atoms with Gasteiger partial charge in [0.25, 0.3) is 5.91 Å². The largest absolute Gasteiger partial charge is 0.438 e. The molecule has 142 valence electrons.